The minimum absolute atomic E-state index is 0.0894. The maximum absolute atomic E-state index is 10.6. The Morgan fingerprint density at radius 2 is 2.23 bits per heavy atom. The number of hydrogen-bond acceptors (Lipinski definition) is 4. The molecule has 0 aliphatic heterocycles. The van der Waals surface area contributed by atoms with Crippen molar-refractivity contribution in [3.8, 4) is 0 Å². The van der Waals surface area contributed by atoms with E-state index in [-0.39, 0.29) is 15.1 Å². The minimum Gasteiger partial charge on any atom is -0.448 e. The van der Waals surface area contributed by atoms with Gasteiger partial charge in [-0.3, -0.25) is 9.92 Å². The fraction of sp³-hybridized carbons (Fsp3) is 0.600. The first kappa shape index (κ1) is 11.8. The van der Waals surface area contributed by atoms with Crippen LogP contribution in [-0.4, -0.2) is 25.8 Å². The van der Waals surface area contributed by atoms with Crippen LogP contribution in [0, 0.1) is 0 Å². The van der Waals surface area contributed by atoms with Gasteiger partial charge in [-0.25, -0.2) is 15.1 Å². The van der Waals surface area contributed by atoms with Crippen LogP contribution in [0.3, 0.4) is 0 Å². The van der Waals surface area contributed by atoms with Crippen molar-refractivity contribution in [1.29, 1.82) is 0 Å². The topological polar surface area (TPSA) is 89.0 Å². The quantitative estimate of drug-likeness (QED) is 0.534. The SMILES string of the molecule is CCOC(=O)N=PNC(=O)NOC. The lowest BCUT2D eigenvalue weighted by atomic mass is 10.9. The molecule has 0 radical (unpaired) electrons. The average molecular weight is 207 g/mol. The second-order valence-electron chi connectivity index (χ2n) is 1.65. The van der Waals surface area contributed by atoms with Crippen molar-refractivity contribution in [2.45, 2.75) is 6.92 Å². The van der Waals surface area contributed by atoms with Crippen molar-refractivity contribution in [2.24, 2.45) is 4.74 Å². The molecule has 0 heterocycles. The summed E-state index contributed by atoms with van der Waals surface area (Å²) in [4.78, 5) is 25.5. The number of carbonyl (C=O) groups excluding carboxylic acids is 2. The molecule has 0 aromatic carbocycles. The Bertz CT molecular complexity index is 208. The van der Waals surface area contributed by atoms with Crippen molar-refractivity contribution in [1.82, 2.24) is 10.6 Å². The Hall–Kier alpha value is -1.20. The molecular weight excluding hydrogens is 197 g/mol. The molecule has 2 N–H and O–H groups in total. The highest BCUT2D eigenvalue weighted by atomic mass is 31.1. The van der Waals surface area contributed by atoms with Crippen LogP contribution in [0.2, 0.25) is 0 Å². The van der Waals surface area contributed by atoms with Gasteiger partial charge in [-0.15, -0.1) is 4.74 Å². The molecular formula is C5H10N3O4P. The van der Waals surface area contributed by atoms with E-state index >= 15 is 0 Å². The highest BCUT2D eigenvalue weighted by Crippen LogP contribution is 1.95. The summed E-state index contributed by atoms with van der Waals surface area (Å²) in [6.07, 6.45) is -0.720. The van der Waals surface area contributed by atoms with E-state index in [0.717, 1.165) is 0 Å². The van der Waals surface area contributed by atoms with Gasteiger partial charge in [0.05, 0.1) is 13.7 Å². The highest BCUT2D eigenvalue weighted by Gasteiger charge is 1.97. The van der Waals surface area contributed by atoms with Crippen LogP contribution in [-0.2, 0) is 9.57 Å². The monoisotopic (exact) mass is 207 g/mol. The van der Waals surface area contributed by atoms with Gasteiger partial charge in [-0.2, -0.15) is 0 Å². The molecule has 7 nitrogen and oxygen atoms in total. The van der Waals surface area contributed by atoms with Crippen LogP contribution in [0.25, 0.3) is 0 Å². The Morgan fingerprint density at radius 1 is 1.54 bits per heavy atom. The molecule has 0 spiro atoms. The summed E-state index contributed by atoms with van der Waals surface area (Å²) >= 11 is 0. The molecule has 0 bridgehead atoms. The first-order valence-corrected chi connectivity index (χ1v) is 4.21. The van der Waals surface area contributed by atoms with E-state index in [4.69, 9.17) is 0 Å². The van der Waals surface area contributed by atoms with Crippen molar-refractivity contribution in [2.75, 3.05) is 13.7 Å². The lowest BCUT2D eigenvalue weighted by Gasteiger charge is -1.97. The maximum atomic E-state index is 10.6. The summed E-state index contributed by atoms with van der Waals surface area (Å²) < 4.78 is 7.79. The molecule has 0 saturated carbocycles. The molecule has 0 unspecified atom stereocenters. The van der Waals surface area contributed by atoms with Crippen LogP contribution >= 0.6 is 8.52 Å². The fourth-order valence-electron chi connectivity index (χ4n) is 0.379. The van der Waals surface area contributed by atoms with E-state index in [0.29, 0.717) is 0 Å². The number of amides is 3. The summed E-state index contributed by atoms with van der Waals surface area (Å²) in [5.41, 5.74) is 1.98. The number of rotatable bonds is 3. The molecule has 0 atom stereocenters. The first-order valence-electron chi connectivity index (χ1n) is 3.37. The third-order valence-electron chi connectivity index (χ3n) is 0.746. The molecule has 3 amide bonds. The Morgan fingerprint density at radius 3 is 2.77 bits per heavy atom. The van der Waals surface area contributed by atoms with Crippen LogP contribution in [0.15, 0.2) is 4.74 Å². The molecule has 0 fully saturated rings. The number of hydroxylamine groups is 1. The fourth-order valence-corrected chi connectivity index (χ4v) is 0.705. The van der Waals surface area contributed by atoms with Gasteiger partial charge < -0.3 is 4.74 Å². The molecule has 0 saturated heterocycles. The van der Waals surface area contributed by atoms with Gasteiger partial charge in [0.15, 0.2) is 0 Å². The number of hydrogen-bond donors (Lipinski definition) is 2. The van der Waals surface area contributed by atoms with E-state index in [1.807, 2.05) is 5.48 Å². The molecule has 0 aliphatic rings. The Balaban J connectivity index is 3.61. The van der Waals surface area contributed by atoms with E-state index < -0.39 is 12.1 Å². The molecule has 0 aliphatic carbocycles. The predicted octanol–water partition coefficient (Wildman–Crippen LogP) is 1.05. The second-order valence-corrected chi connectivity index (χ2v) is 2.27. The average Bonchev–Trinajstić information content (AvgIpc) is 2.05. The molecule has 74 valence electrons. The Kier molecular flexibility index (Phi) is 6.76. The molecule has 0 aromatic heterocycles. The molecule has 0 rings (SSSR count). The highest BCUT2D eigenvalue weighted by molar-refractivity contribution is 7.25. The minimum atomic E-state index is -0.720. The number of nitrogens with one attached hydrogen (secondary N) is 2. The number of urea groups is 1. The van der Waals surface area contributed by atoms with Gasteiger partial charge in [0, 0.05) is 0 Å². The summed E-state index contributed by atoms with van der Waals surface area (Å²) in [6, 6.07) is -0.586. The zero-order valence-electron chi connectivity index (χ0n) is 7.23. The predicted molar refractivity (Wildman–Crippen MR) is 45.0 cm³/mol. The number of ether oxygens (including phenoxy) is 1. The van der Waals surface area contributed by atoms with Gasteiger partial charge in [-0.1, -0.05) is 0 Å². The summed E-state index contributed by atoms with van der Waals surface area (Å²) in [5, 5.41) is 2.20. The van der Waals surface area contributed by atoms with Crippen molar-refractivity contribution >= 4 is 20.6 Å². The smallest absolute Gasteiger partial charge is 0.438 e. The van der Waals surface area contributed by atoms with Crippen LogP contribution in [0.5, 0.6) is 0 Å². The zero-order valence-corrected chi connectivity index (χ0v) is 8.13. The van der Waals surface area contributed by atoms with Gasteiger partial charge in [0.1, 0.15) is 8.52 Å². The van der Waals surface area contributed by atoms with Crippen LogP contribution in [0.4, 0.5) is 9.59 Å². The summed E-state index contributed by atoms with van der Waals surface area (Å²) in [7, 11) is 1.38. The van der Waals surface area contributed by atoms with Crippen molar-refractivity contribution in [3.63, 3.8) is 0 Å². The lowest BCUT2D eigenvalue weighted by Crippen LogP contribution is -2.28. The first-order chi connectivity index (χ1) is 6.20. The van der Waals surface area contributed by atoms with Gasteiger partial charge in [0.2, 0.25) is 0 Å². The van der Waals surface area contributed by atoms with E-state index in [1.165, 1.54) is 7.11 Å². The van der Waals surface area contributed by atoms with Crippen LogP contribution < -0.4 is 10.6 Å². The molecule has 13 heavy (non-hydrogen) atoms. The van der Waals surface area contributed by atoms with E-state index in [1.54, 1.807) is 6.92 Å². The molecule has 0 aromatic rings. The normalized spacial score (nSPS) is 9.69. The van der Waals surface area contributed by atoms with Crippen LogP contribution in [0.1, 0.15) is 6.92 Å². The van der Waals surface area contributed by atoms with Gasteiger partial charge in [0.25, 0.3) is 0 Å². The van der Waals surface area contributed by atoms with Crippen molar-refractivity contribution < 1.29 is 19.2 Å². The largest absolute Gasteiger partial charge is 0.448 e. The number of carbonyl (C=O) groups is 2. The van der Waals surface area contributed by atoms with E-state index in [9.17, 15) is 9.59 Å². The Labute approximate surface area is 76.7 Å². The van der Waals surface area contributed by atoms with Crippen molar-refractivity contribution in [3.05, 3.63) is 0 Å². The molecule has 8 heteroatoms. The maximum Gasteiger partial charge on any atom is 0.438 e. The third kappa shape index (κ3) is 7.17. The number of nitrogens with zero attached hydrogens (tertiary/aromatic N) is 1. The summed E-state index contributed by atoms with van der Waals surface area (Å²) in [5.74, 6) is 0. The van der Waals surface area contributed by atoms with Gasteiger partial charge >= 0.3 is 12.1 Å². The lowest BCUT2D eigenvalue weighted by molar-refractivity contribution is 0.110. The van der Waals surface area contributed by atoms with E-state index in [2.05, 4.69) is 19.4 Å². The standard InChI is InChI=1S/C5H10N3O4P/c1-3-12-5(10)8-13-7-4(9)6-11-2/h3H2,1-2H3,(H2,6,7,8,9,10). The zero-order chi connectivity index (χ0) is 10.1. The second kappa shape index (κ2) is 7.45. The summed E-state index contributed by atoms with van der Waals surface area (Å²) in [6.45, 7) is 1.91. The van der Waals surface area contributed by atoms with Gasteiger partial charge in [-0.05, 0) is 6.92 Å². The third-order valence-corrected chi connectivity index (χ3v) is 1.31.